The van der Waals surface area contributed by atoms with Crippen molar-refractivity contribution in [2.24, 2.45) is 0 Å². The highest BCUT2D eigenvalue weighted by molar-refractivity contribution is 7.15. The van der Waals surface area contributed by atoms with Crippen LogP contribution >= 0.6 is 22.9 Å². The van der Waals surface area contributed by atoms with Crippen molar-refractivity contribution in [1.82, 2.24) is 9.88 Å². The Kier molecular flexibility index (Phi) is 5.86. The first-order valence-corrected chi connectivity index (χ1v) is 10.3. The van der Waals surface area contributed by atoms with E-state index in [1.165, 1.54) is 16.5 Å². The van der Waals surface area contributed by atoms with Gasteiger partial charge in [0.1, 0.15) is 0 Å². The fourth-order valence-electron chi connectivity index (χ4n) is 3.17. The van der Waals surface area contributed by atoms with E-state index in [9.17, 15) is 4.79 Å². The Balaban J connectivity index is 1.36. The summed E-state index contributed by atoms with van der Waals surface area (Å²) in [6.45, 7) is 2.79. The van der Waals surface area contributed by atoms with Crippen LogP contribution in [0.25, 0.3) is 6.08 Å². The summed E-state index contributed by atoms with van der Waals surface area (Å²) in [6, 6.07) is 17.8. The summed E-state index contributed by atoms with van der Waals surface area (Å²) in [6.07, 6.45) is 4.20. The summed E-state index contributed by atoms with van der Waals surface area (Å²) in [5, 5.41) is 4.22. The summed E-state index contributed by atoms with van der Waals surface area (Å²) in [5.41, 5.74) is 3.34. The number of halogens is 1. The van der Waals surface area contributed by atoms with Crippen molar-refractivity contribution >= 4 is 40.1 Å². The number of anilines is 1. The number of thiazole rings is 1. The summed E-state index contributed by atoms with van der Waals surface area (Å²) < 4.78 is 0. The quantitative estimate of drug-likeness (QED) is 0.602. The standard InChI is InChI=1S/C22H20ClN3OS/c23-18-9-6-16(7-10-18)8-11-21(27)25-22-24-19-12-13-26(15-20(19)28-22)14-17-4-2-1-3-5-17/h1-11H,12-15H2,(H,24,25,27). The third-order valence-corrected chi connectivity index (χ3v) is 5.84. The van der Waals surface area contributed by atoms with Crippen LogP contribution in [-0.2, 0) is 24.3 Å². The van der Waals surface area contributed by atoms with Gasteiger partial charge in [-0.15, -0.1) is 11.3 Å². The number of amides is 1. The number of carbonyl (C=O) groups excluding carboxylic acids is 1. The van der Waals surface area contributed by atoms with Crippen LogP contribution < -0.4 is 5.32 Å². The van der Waals surface area contributed by atoms with Crippen molar-refractivity contribution in [2.75, 3.05) is 11.9 Å². The molecule has 1 aliphatic rings. The van der Waals surface area contributed by atoms with Gasteiger partial charge in [-0.1, -0.05) is 54.1 Å². The highest BCUT2D eigenvalue weighted by Crippen LogP contribution is 2.29. The number of hydrogen-bond acceptors (Lipinski definition) is 4. The first-order valence-electron chi connectivity index (χ1n) is 9.15. The zero-order valence-corrected chi connectivity index (χ0v) is 16.8. The Morgan fingerprint density at radius 3 is 2.75 bits per heavy atom. The summed E-state index contributed by atoms with van der Waals surface area (Å²) in [5.74, 6) is -0.179. The van der Waals surface area contributed by atoms with Gasteiger partial charge in [0.05, 0.1) is 5.69 Å². The van der Waals surface area contributed by atoms with Crippen LogP contribution in [0.1, 0.15) is 21.7 Å². The highest BCUT2D eigenvalue weighted by atomic mass is 35.5. The van der Waals surface area contributed by atoms with Crippen LogP contribution in [0.3, 0.4) is 0 Å². The van der Waals surface area contributed by atoms with Gasteiger partial charge in [0.15, 0.2) is 5.13 Å². The van der Waals surface area contributed by atoms with Gasteiger partial charge in [0.25, 0.3) is 0 Å². The number of nitrogens with one attached hydrogen (secondary N) is 1. The van der Waals surface area contributed by atoms with E-state index in [4.69, 9.17) is 11.6 Å². The maximum atomic E-state index is 12.2. The van der Waals surface area contributed by atoms with Crippen molar-refractivity contribution in [3.63, 3.8) is 0 Å². The third-order valence-electron chi connectivity index (χ3n) is 4.59. The maximum absolute atomic E-state index is 12.2. The minimum atomic E-state index is -0.179. The van der Waals surface area contributed by atoms with Crippen molar-refractivity contribution in [3.05, 3.63) is 87.4 Å². The van der Waals surface area contributed by atoms with Crippen LogP contribution in [-0.4, -0.2) is 22.3 Å². The van der Waals surface area contributed by atoms with Gasteiger partial charge < -0.3 is 0 Å². The molecule has 142 valence electrons. The van der Waals surface area contributed by atoms with Gasteiger partial charge in [-0.2, -0.15) is 0 Å². The first-order chi connectivity index (χ1) is 13.7. The minimum absolute atomic E-state index is 0.179. The van der Waals surface area contributed by atoms with E-state index in [1.807, 2.05) is 18.2 Å². The zero-order chi connectivity index (χ0) is 19.3. The van der Waals surface area contributed by atoms with Gasteiger partial charge in [0, 0.05) is 42.0 Å². The van der Waals surface area contributed by atoms with E-state index < -0.39 is 0 Å². The third kappa shape index (κ3) is 4.87. The molecule has 0 radical (unpaired) electrons. The van der Waals surface area contributed by atoms with E-state index in [0.29, 0.717) is 10.2 Å². The fraction of sp³-hybridized carbons (Fsp3) is 0.182. The molecular weight excluding hydrogens is 390 g/mol. The Morgan fingerprint density at radius 2 is 1.96 bits per heavy atom. The molecule has 1 N–H and O–H groups in total. The molecule has 2 heterocycles. The smallest absolute Gasteiger partial charge is 0.250 e. The highest BCUT2D eigenvalue weighted by Gasteiger charge is 2.21. The number of carbonyl (C=O) groups is 1. The molecule has 1 aromatic heterocycles. The summed E-state index contributed by atoms with van der Waals surface area (Å²) in [7, 11) is 0. The van der Waals surface area contributed by atoms with Crippen molar-refractivity contribution in [1.29, 1.82) is 0 Å². The Hall–Kier alpha value is -2.47. The second-order valence-electron chi connectivity index (χ2n) is 6.71. The SMILES string of the molecule is O=C(C=Cc1ccc(Cl)cc1)Nc1nc2c(s1)CN(Cc1ccccc1)CC2. The predicted octanol–water partition coefficient (Wildman–Crippen LogP) is 5.01. The lowest BCUT2D eigenvalue weighted by molar-refractivity contribution is -0.111. The molecule has 2 aromatic carbocycles. The number of hydrogen-bond donors (Lipinski definition) is 1. The second-order valence-corrected chi connectivity index (χ2v) is 8.23. The van der Waals surface area contributed by atoms with Gasteiger partial charge in [-0.05, 0) is 29.3 Å². The molecule has 4 rings (SSSR count). The lowest BCUT2D eigenvalue weighted by Crippen LogP contribution is -2.29. The van der Waals surface area contributed by atoms with E-state index in [1.54, 1.807) is 29.5 Å². The molecule has 0 bridgehead atoms. The van der Waals surface area contributed by atoms with E-state index >= 15 is 0 Å². The normalized spacial score (nSPS) is 14.2. The number of aromatic nitrogens is 1. The van der Waals surface area contributed by atoms with Gasteiger partial charge in [-0.25, -0.2) is 4.98 Å². The lowest BCUT2D eigenvalue weighted by Gasteiger charge is -2.25. The van der Waals surface area contributed by atoms with Crippen molar-refractivity contribution in [2.45, 2.75) is 19.5 Å². The van der Waals surface area contributed by atoms with Crippen LogP contribution in [0, 0.1) is 0 Å². The Labute approximate surface area is 173 Å². The monoisotopic (exact) mass is 409 g/mol. The average Bonchev–Trinajstić information content (AvgIpc) is 3.10. The number of nitrogens with zero attached hydrogens (tertiary/aromatic N) is 2. The number of benzene rings is 2. The van der Waals surface area contributed by atoms with Crippen molar-refractivity contribution < 1.29 is 4.79 Å². The van der Waals surface area contributed by atoms with Crippen LogP contribution in [0.2, 0.25) is 5.02 Å². The molecule has 0 aliphatic carbocycles. The van der Waals surface area contributed by atoms with Crippen molar-refractivity contribution in [3.8, 4) is 0 Å². The molecule has 0 saturated carbocycles. The second kappa shape index (κ2) is 8.69. The van der Waals surface area contributed by atoms with Crippen LogP contribution in [0.5, 0.6) is 0 Å². The molecule has 6 heteroatoms. The lowest BCUT2D eigenvalue weighted by atomic mass is 10.1. The maximum Gasteiger partial charge on any atom is 0.250 e. The fourth-order valence-corrected chi connectivity index (χ4v) is 4.35. The minimum Gasteiger partial charge on any atom is -0.298 e. The summed E-state index contributed by atoms with van der Waals surface area (Å²) in [4.78, 5) is 20.5. The molecule has 0 atom stereocenters. The average molecular weight is 410 g/mol. The predicted molar refractivity (Wildman–Crippen MR) is 115 cm³/mol. The molecule has 1 aliphatic heterocycles. The molecule has 0 spiro atoms. The zero-order valence-electron chi connectivity index (χ0n) is 15.3. The molecule has 3 aromatic rings. The van der Waals surface area contributed by atoms with Crippen LogP contribution in [0.15, 0.2) is 60.7 Å². The largest absolute Gasteiger partial charge is 0.298 e. The molecule has 0 fully saturated rings. The molecule has 4 nitrogen and oxygen atoms in total. The van der Waals surface area contributed by atoms with E-state index in [2.05, 4.69) is 39.5 Å². The van der Waals surface area contributed by atoms with E-state index in [0.717, 1.165) is 37.3 Å². The van der Waals surface area contributed by atoms with E-state index in [-0.39, 0.29) is 5.91 Å². The topological polar surface area (TPSA) is 45.2 Å². The molecule has 0 unspecified atom stereocenters. The summed E-state index contributed by atoms with van der Waals surface area (Å²) >= 11 is 7.44. The molecular formula is C22H20ClN3OS. The molecule has 28 heavy (non-hydrogen) atoms. The number of rotatable bonds is 5. The van der Waals surface area contributed by atoms with Gasteiger partial charge in [-0.3, -0.25) is 15.0 Å². The Bertz CT molecular complexity index is 983. The van der Waals surface area contributed by atoms with Gasteiger partial charge in [0.2, 0.25) is 5.91 Å². The Morgan fingerprint density at radius 1 is 1.18 bits per heavy atom. The first kappa shape index (κ1) is 18.9. The molecule has 0 saturated heterocycles. The van der Waals surface area contributed by atoms with Crippen LogP contribution in [0.4, 0.5) is 5.13 Å². The molecule has 1 amide bonds. The van der Waals surface area contributed by atoms with Gasteiger partial charge >= 0.3 is 0 Å². The number of fused-ring (bicyclic) bond motifs is 1.